The van der Waals surface area contributed by atoms with Gasteiger partial charge in [-0.3, -0.25) is 4.79 Å². The summed E-state index contributed by atoms with van der Waals surface area (Å²) in [5.41, 5.74) is 0. The Balaban J connectivity index is 2.22. The van der Waals surface area contributed by atoms with Crippen molar-refractivity contribution in [2.24, 2.45) is 5.92 Å². The van der Waals surface area contributed by atoms with Gasteiger partial charge >= 0.3 is 6.16 Å². The van der Waals surface area contributed by atoms with Gasteiger partial charge in [0.25, 0.3) is 0 Å². The van der Waals surface area contributed by atoms with Gasteiger partial charge in [0.2, 0.25) is 14.1 Å². The molecule has 0 spiro atoms. The monoisotopic (exact) mass is 437 g/mol. The van der Waals surface area contributed by atoms with Crippen LogP contribution >= 0.6 is 58.8 Å². The Bertz CT molecular complexity index is 461. The first-order valence-corrected chi connectivity index (χ1v) is 9.65. The summed E-state index contributed by atoms with van der Waals surface area (Å²) in [5, 5.41) is 2.54. The predicted octanol–water partition coefficient (Wildman–Crippen LogP) is 3.81. The van der Waals surface area contributed by atoms with E-state index in [0.29, 0.717) is 17.4 Å². The molecule has 11 heteroatoms. The summed E-state index contributed by atoms with van der Waals surface area (Å²) in [6.45, 7) is 2.21. The highest BCUT2D eigenvalue weighted by molar-refractivity contribution is 8.23. The lowest BCUT2D eigenvalue weighted by atomic mass is 9.98. The van der Waals surface area contributed by atoms with Crippen molar-refractivity contribution in [2.45, 2.75) is 35.4 Å². The number of alkyl halides is 3. The number of amides is 1. The third-order valence-corrected chi connectivity index (χ3v) is 4.67. The largest absolute Gasteiger partial charge is 0.508 e. The number of hydrogen-bond acceptors (Lipinski definition) is 7. The van der Waals surface area contributed by atoms with E-state index in [1.54, 1.807) is 0 Å². The van der Waals surface area contributed by atoms with Gasteiger partial charge in [-0.15, -0.1) is 0 Å². The van der Waals surface area contributed by atoms with Crippen LogP contribution in [0.5, 0.6) is 0 Å². The second-order valence-electron chi connectivity index (χ2n) is 4.90. The van der Waals surface area contributed by atoms with E-state index in [1.165, 1.54) is 11.8 Å². The Morgan fingerprint density at radius 1 is 1.29 bits per heavy atom. The molecule has 6 nitrogen and oxygen atoms in total. The second-order valence-corrected chi connectivity index (χ2v) is 9.16. The first-order valence-electron chi connectivity index (χ1n) is 7.23. The molecule has 0 aliphatic carbocycles. The van der Waals surface area contributed by atoms with E-state index in [0.717, 1.165) is 12.8 Å². The minimum atomic E-state index is -1.69. The summed E-state index contributed by atoms with van der Waals surface area (Å²) >= 11 is 22.7. The van der Waals surface area contributed by atoms with Gasteiger partial charge in [0.05, 0.1) is 24.5 Å². The molecule has 1 amide bonds. The van der Waals surface area contributed by atoms with Crippen LogP contribution < -0.4 is 5.32 Å². The summed E-state index contributed by atoms with van der Waals surface area (Å²) in [4.78, 5) is 22.9. The average molecular weight is 439 g/mol. The normalized spacial score (nSPS) is 19.9. The number of nitrogens with one attached hydrogen (secondary N) is 1. The van der Waals surface area contributed by atoms with Gasteiger partial charge in [-0.2, -0.15) is 0 Å². The van der Waals surface area contributed by atoms with E-state index < -0.39 is 16.6 Å². The molecule has 1 fully saturated rings. The molecule has 0 unspecified atom stereocenters. The van der Waals surface area contributed by atoms with Gasteiger partial charge < -0.3 is 19.5 Å². The molecule has 138 valence electrons. The number of hydrogen-bond donors (Lipinski definition) is 1. The molecule has 0 aromatic rings. The van der Waals surface area contributed by atoms with Crippen LogP contribution in [0.15, 0.2) is 0 Å². The highest BCUT2D eigenvalue weighted by Gasteiger charge is 2.40. The fraction of sp³-hybridized carbons (Fsp3) is 0.769. The Morgan fingerprint density at radius 2 is 2.00 bits per heavy atom. The molecule has 24 heavy (non-hydrogen) atoms. The van der Waals surface area contributed by atoms with Crippen LogP contribution in [-0.2, 0) is 19.0 Å². The number of rotatable bonds is 8. The first-order chi connectivity index (χ1) is 11.2. The van der Waals surface area contributed by atoms with E-state index in [1.807, 2.05) is 0 Å². The highest BCUT2D eigenvalue weighted by Crippen LogP contribution is 2.30. The van der Waals surface area contributed by atoms with E-state index in [9.17, 15) is 9.59 Å². The maximum absolute atomic E-state index is 11.6. The van der Waals surface area contributed by atoms with Crippen LogP contribution in [0.4, 0.5) is 4.79 Å². The maximum atomic E-state index is 11.6. The van der Waals surface area contributed by atoms with Crippen LogP contribution in [0.25, 0.3) is 0 Å². The Hall–Kier alpha value is -0.150. The molecular formula is C13H18Cl3NO5S2. The molecule has 0 aromatic heterocycles. The van der Waals surface area contributed by atoms with Crippen molar-refractivity contribution in [3.63, 3.8) is 0 Å². The van der Waals surface area contributed by atoms with Crippen LogP contribution in [0.1, 0.15) is 26.2 Å². The molecule has 2 atom stereocenters. The molecule has 1 N–H and O–H groups in total. The molecule has 0 radical (unpaired) electrons. The van der Waals surface area contributed by atoms with Gasteiger partial charge in [-0.1, -0.05) is 59.9 Å². The van der Waals surface area contributed by atoms with Gasteiger partial charge in [0.1, 0.15) is 6.61 Å². The number of thiocarbonyl (C=S) groups is 1. The standard InChI is InChI=1S/C13H18Cl3NO5S2/c1-2-3-5-21-12(23)24-10-8(9(18)17-10)4-6-20-11(19)22-7-13(14,15)16/h8,10H,2-7H2,1H3,(H,17,18)/t8-,10-/m1/s1. The summed E-state index contributed by atoms with van der Waals surface area (Å²) in [6.07, 6.45) is 1.32. The van der Waals surface area contributed by atoms with Crippen molar-refractivity contribution < 1.29 is 23.8 Å². The lowest BCUT2D eigenvalue weighted by molar-refractivity contribution is -0.133. The molecule has 1 aliphatic rings. The maximum Gasteiger partial charge on any atom is 0.508 e. The smallest absolute Gasteiger partial charge is 0.479 e. The first kappa shape index (κ1) is 21.9. The fourth-order valence-electron chi connectivity index (χ4n) is 1.67. The Kier molecular flexibility index (Phi) is 9.81. The van der Waals surface area contributed by atoms with Gasteiger partial charge in [-0.25, -0.2) is 4.79 Å². The zero-order valence-corrected chi connectivity index (χ0v) is 16.8. The number of halogens is 3. The van der Waals surface area contributed by atoms with E-state index in [4.69, 9.17) is 56.5 Å². The van der Waals surface area contributed by atoms with Crippen LogP contribution in [0, 0.1) is 5.92 Å². The van der Waals surface area contributed by atoms with Crippen molar-refractivity contribution in [1.82, 2.24) is 5.32 Å². The van der Waals surface area contributed by atoms with Crippen molar-refractivity contribution in [1.29, 1.82) is 0 Å². The van der Waals surface area contributed by atoms with Crippen molar-refractivity contribution in [3.8, 4) is 0 Å². The Morgan fingerprint density at radius 3 is 2.58 bits per heavy atom. The van der Waals surface area contributed by atoms with E-state index >= 15 is 0 Å². The minimum absolute atomic E-state index is 0.0112. The SMILES string of the molecule is CCCCOC(=S)S[C@H]1NC(=O)[C@H]1CCOC(=O)OCC(Cl)(Cl)Cl. The third-order valence-electron chi connectivity index (χ3n) is 2.93. The second kappa shape index (κ2) is 10.8. The van der Waals surface area contributed by atoms with Crippen molar-refractivity contribution in [2.75, 3.05) is 19.8 Å². The molecule has 1 heterocycles. The lowest BCUT2D eigenvalue weighted by Crippen LogP contribution is -2.57. The number of carbonyl (C=O) groups is 2. The predicted molar refractivity (Wildman–Crippen MR) is 98.7 cm³/mol. The number of thioether (sulfide) groups is 1. The van der Waals surface area contributed by atoms with Gasteiger partial charge in [-0.05, 0) is 25.1 Å². The van der Waals surface area contributed by atoms with Crippen molar-refractivity contribution in [3.05, 3.63) is 0 Å². The summed E-state index contributed by atoms with van der Waals surface area (Å²) in [7, 11) is 0. The molecule has 0 aromatic carbocycles. The third kappa shape index (κ3) is 8.80. The van der Waals surface area contributed by atoms with Crippen molar-refractivity contribution >= 4 is 75.2 Å². The summed E-state index contributed by atoms with van der Waals surface area (Å²) in [6, 6.07) is 0. The quantitative estimate of drug-likeness (QED) is 0.203. The zero-order chi connectivity index (χ0) is 18.2. The minimum Gasteiger partial charge on any atom is -0.479 e. The number of unbranched alkanes of at least 4 members (excludes halogenated alkanes) is 1. The van der Waals surface area contributed by atoms with Gasteiger partial charge in [0.15, 0.2) is 0 Å². The molecule has 1 saturated heterocycles. The van der Waals surface area contributed by atoms with Gasteiger partial charge in [0, 0.05) is 0 Å². The fourth-order valence-corrected chi connectivity index (χ4v) is 3.19. The average Bonchev–Trinajstić information content (AvgIpc) is 2.48. The highest BCUT2D eigenvalue weighted by atomic mass is 35.6. The molecular weight excluding hydrogens is 421 g/mol. The van der Waals surface area contributed by atoms with Crippen LogP contribution in [-0.4, -0.2) is 45.4 Å². The summed E-state index contributed by atoms with van der Waals surface area (Å²) in [5.74, 6) is -0.439. The summed E-state index contributed by atoms with van der Waals surface area (Å²) < 4.78 is 13.5. The van der Waals surface area contributed by atoms with Crippen LogP contribution in [0.2, 0.25) is 0 Å². The number of ether oxygens (including phenoxy) is 3. The molecule has 0 bridgehead atoms. The topological polar surface area (TPSA) is 73.9 Å². The van der Waals surface area contributed by atoms with E-state index in [-0.39, 0.29) is 23.8 Å². The molecule has 1 aliphatic heterocycles. The van der Waals surface area contributed by atoms with E-state index in [2.05, 4.69) is 17.0 Å². The zero-order valence-electron chi connectivity index (χ0n) is 12.9. The Labute approximate surface area is 165 Å². The number of β-lactam (4-membered cyclic amide) rings is 1. The van der Waals surface area contributed by atoms with Crippen LogP contribution in [0.3, 0.4) is 0 Å². The lowest BCUT2D eigenvalue weighted by Gasteiger charge is -2.35. The molecule has 1 rings (SSSR count). The number of carbonyl (C=O) groups excluding carboxylic acids is 2. The molecule has 0 saturated carbocycles.